The molecule has 1 amide bonds. The number of nitrogens with two attached hydrogens (primary N) is 1. The molecule has 4 N–H and O–H groups in total. The van der Waals surface area contributed by atoms with Crippen molar-refractivity contribution in [3.8, 4) is 0 Å². The third-order valence-electron chi connectivity index (χ3n) is 2.14. The van der Waals surface area contributed by atoms with Crippen molar-refractivity contribution in [2.75, 3.05) is 37.9 Å². The summed E-state index contributed by atoms with van der Waals surface area (Å²) in [6.45, 7) is 3.08. The van der Waals surface area contributed by atoms with Gasteiger partial charge in [-0.15, -0.1) is 0 Å². The van der Waals surface area contributed by atoms with Crippen LogP contribution in [-0.4, -0.2) is 37.7 Å². The van der Waals surface area contributed by atoms with E-state index in [1.807, 2.05) is 6.92 Å². The Kier molecular flexibility index (Phi) is 5.22. The molecule has 0 unspecified atom stereocenters. The summed E-state index contributed by atoms with van der Waals surface area (Å²) in [6, 6.07) is 1.80. The van der Waals surface area contributed by atoms with E-state index < -0.39 is 0 Å². The number of anilines is 2. The van der Waals surface area contributed by atoms with Crippen molar-refractivity contribution in [1.29, 1.82) is 0 Å². The SMILES string of the molecule is COCCNC(=O)CNc1ncc(N)cc1C. The maximum atomic E-state index is 11.4. The summed E-state index contributed by atoms with van der Waals surface area (Å²) in [5, 5.41) is 5.65. The van der Waals surface area contributed by atoms with E-state index >= 15 is 0 Å². The number of nitrogens with zero attached hydrogens (tertiary/aromatic N) is 1. The molecule has 94 valence electrons. The molecule has 6 heteroatoms. The van der Waals surface area contributed by atoms with Crippen LogP contribution in [0.2, 0.25) is 0 Å². The molecule has 0 radical (unpaired) electrons. The van der Waals surface area contributed by atoms with Gasteiger partial charge in [-0.05, 0) is 18.6 Å². The number of hydrogen-bond donors (Lipinski definition) is 3. The largest absolute Gasteiger partial charge is 0.397 e. The molecule has 6 nitrogen and oxygen atoms in total. The molecule has 17 heavy (non-hydrogen) atoms. The number of pyridine rings is 1. The Labute approximate surface area is 101 Å². The first-order chi connectivity index (χ1) is 8.13. The molecule has 1 rings (SSSR count). The maximum absolute atomic E-state index is 11.4. The van der Waals surface area contributed by atoms with E-state index in [1.54, 1.807) is 19.4 Å². The van der Waals surface area contributed by atoms with Gasteiger partial charge in [-0.25, -0.2) is 4.98 Å². The number of ether oxygens (including phenoxy) is 1. The van der Waals surface area contributed by atoms with Crippen LogP contribution < -0.4 is 16.4 Å². The predicted octanol–water partition coefficient (Wildman–Crippen LogP) is 0.147. The second kappa shape index (κ2) is 6.70. The number of methoxy groups -OCH3 is 1. The number of aryl methyl sites for hydroxylation is 1. The number of rotatable bonds is 6. The monoisotopic (exact) mass is 238 g/mol. The molecule has 0 bridgehead atoms. The van der Waals surface area contributed by atoms with Crippen LogP contribution in [0.3, 0.4) is 0 Å². The van der Waals surface area contributed by atoms with Crippen molar-refractivity contribution in [2.24, 2.45) is 0 Å². The zero-order valence-corrected chi connectivity index (χ0v) is 10.1. The highest BCUT2D eigenvalue weighted by Gasteiger charge is 2.03. The Morgan fingerprint density at radius 3 is 3.00 bits per heavy atom. The third kappa shape index (κ3) is 4.69. The number of aromatic nitrogens is 1. The zero-order valence-electron chi connectivity index (χ0n) is 10.1. The Bertz CT molecular complexity index is 382. The summed E-state index contributed by atoms with van der Waals surface area (Å²) in [5.41, 5.74) is 7.10. The van der Waals surface area contributed by atoms with Crippen molar-refractivity contribution < 1.29 is 9.53 Å². The van der Waals surface area contributed by atoms with Gasteiger partial charge in [0.2, 0.25) is 5.91 Å². The van der Waals surface area contributed by atoms with Gasteiger partial charge in [-0.1, -0.05) is 0 Å². The second-order valence-corrected chi connectivity index (χ2v) is 3.63. The fourth-order valence-corrected chi connectivity index (χ4v) is 1.30. The van der Waals surface area contributed by atoms with Crippen molar-refractivity contribution in [2.45, 2.75) is 6.92 Å². The molecule has 1 aromatic heterocycles. The van der Waals surface area contributed by atoms with Gasteiger partial charge in [0.05, 0.1) is 25.0 Å². The minimum Gasteiger partial charge on any atom is -0.397 e. The minimum absolute atomic E-state index is 0.0972. The lowest BCUT2D eigenvalue weighted by molar-refractivity contribution is -0.119. The van der Waals surface area contributed by atoms with Gasteiger partial charge in [-0.3, -0.25) is 4.79 Å². The van der Waals surface area contributed by atoms with E-state index in [1.165, 1.54) is 0 Å². The van der Waals surface area contributed by atoms with E-state index in [4.69, 9.17) is 10.5 Å². The summed E-state index contributed by atoms with van der Waals surface area (Å²) < 4.78 is 4.83. The number of nitrogen functional groups attached to an aromatic ring is 1. The lowest BCUT2D eigenvalue weighted by Crippen LogP contribution is -2.32. The van der Waals surface area contributed by atoms with Crippen molar-refractivity contribution in [3.05, 3.63) is 17.8 Å². The van der Waals surface area contributed by atoms with Gasteiger partial charge >= 0.3 is 0 Å². The first-order valence-electron chi connectivity index (χ1n) is 5.35. The van der Waals surface area contributed by atoms with Crippen LogP contribution in [0.5, 0.6) is 0 Å². The fraction of sp³-hybridized carbons (Fsp3) is 0.455. The standard InChI is InChI=1S/C11H18N4O2/c1-8-5-9(12)6-14-11(8)15-7-10(16)13-3-4-17-2/h5-6H,3-4,7,12H2,1-2H3,(H,13,16)(H,14,15). The van der Waals surface area contributed by atoms with E-state index in [-0.39, 0.29) is 12.5 Å². The highest BCUT2D eigenvalue weighted by atomic mass is 16.5. The molecule has 0 fully saturated rings. The molecule has 0 spiro atoms. The van der Waals surface area contributed by atoms with Crippen LogP contribution in [-0.2, 0) is 9.53 Å². The molecular formula is C11H18N4O2. The molecule has 0 aliphatic carbocycles. The van der Waals surface area contributed by atoms with Crippen LogP contribution in [0.15, 0.2) is 12.3 Å². The Morgan fingerprint density at radius 1 is 1.59 bits per heavy atom. The van der Waals surface area contributed by atoms with Crippen molar-refractivity contribution in [3.63, 3.8) is 0 Å². The highest BCUT2D eigenvalue weighted by molar-refractivity contribution is 5.80. The van der Waals surface area contributed by atoms with Gasteiger partial charge in [0.25, 0.3) is 0 Å². The normalized spacial score (nSPS) is 10.0. The molecule has 0 aliphatic heterocycles. The summed E-state index contributed by atoms with van der Waals surface area (Å²) in [6.07, 6.45) is 1.55. The topological polar surface area (TPSA) is 89.3 Å². The van der Waals surface area contributed by atoms with Crippen LogP contribution in [0.4, 0.5) is 11.5 Å². The molecule has 1 heterocycles. The smallest absolute Gasteiger partial charge is 0.239 e. The second-order valence-electron chi connectivity index (χ2n) is 3.63. The lowest BCUT2D eigenvalue weighted by atomic mass is 10.2. The van der Waals surface area contributed by atoms with Crippen molar-refractivity contribution >= 4 is 17.4 Å². The average Bonchev–Trinajstić information content (AvgIpc) is 2.28. The number of hydrogen-bond acceptors (Lipinski definition) is 5. The molecule has 0 aliphatic rings. The van der Waals surface area contributed by atoms with Crippen LogP contribution >= 0.6 is 0 Å². The van der Waals surface area contributed by atoms with Crippen LogP contribution in [0.1, 0.15) is 5.56 Å². The molecule has 0 aromatic carbocycles. The van der Waals surface area contributed by atoms with Gasteiger partial charge in [0.1, 0.15) is 5.82 Å². The van der Waals surface area contributed by atoms with E-state index in [2.05, 4.69) is 15.6 Å². The summed E-state index contributed by atoms with van der Waals surface area (Å²) >= 11 is 0. The van der Waals surface area contributed by atoms with E-state index in [9.17, 15) is 4.79 Å². The number of nitrogens with one attached hydrogen (secondary N) is 2. The maximum Gasteiger partial charge on any atom is 0.239 e. The molecular weight excluding hydrogens is 220 g/mol. The number of carbonyl (C=O) groups is 1. The highest BCUT2D eigenvalue weighted by Crippen LogP contribution is 2.13. The fourth-order valence-electron chi connectivity index (χ4n) is 1.30. The average molecular weight is 238 g/mol. The van der Waals surface area contributed by atoms with Crippen LogP contribution in [0, 0.1) is 6.92 Å². The van der Waals surface area contributed by atoms with Crippen molar-refractivity contribution in [1.82, 2.24) is 10.3 Å². The lowest BCUT2D eigenvalue weighted by Gasteiger charge is -2.09. The Balaban J connectivity index is 2.37. The predicted molar refractivity (Wildman–Crippen MR) is 66.8 cm³/mol. The molecule has 0 saturated heterocycles. The van der Waals surface area contributed by atoms with Gasteiger partial charge in [0.15, 0.2) is 0 Å². The summed E-state index contributed by atoms with van der Waals surface area (Å²) in [5.74, 6) is 0.571. The quantitative estimate of drug-likeness (QED) is 0.614. The first kappa shape index (κ1) is 13.2. The van der Waals surface area contributed by atoms with Gasteiger partial charge in [0, 0.05) is 13.7 Å². The zero-order chi connectivity index (χ0) is 12.7. The number of carbonyl (C=O) groups excluding carboxylic acids is 1. The number of amides is 1. The minimum atomic E-state index is -0.0972. The van der Waals surface area contributed by atoms with Crippen LogP contribution in [0.25, 0.3) is 0 Å². The van der Waals surface area contributed by atoms with E-state index in [0.717, 1.165) is 5.56 Å². The molecule has 1 aromatic rings. The summed E-state index contributed by atoms with van der Waals surface area (Å²) in [4.78, 5) is 15.5. The Morgan fingerprint density at radius 2 is 2.35 bits per heavy atom. The Hall–Kier alpha value is -1.82. The first-order valence-corrected chi connectivity index (χ1v) is 5.35. The molecule has 0 saturated carbocycles. The van der Waals surface area contributed by atoms with Gasteiger partial charge in [-0.2, -0.15) is 0 Å². The van der Waals surface area contributed by atoms with Gasteiger partial charge < -0.3 is 21.1 Å². The molecule has 0 atom stereocenters. The summed E-state index contributed by atoms with van der Waals surface area (Å²) in [7, 11) is 1.59. The third-order valence-corrected chi connectivity index (χ3v) is 2.14. The van der Waals surface area contributed by atoms with E-state index in [0.29, 0.717) is 24.7 Å².